The Balaban J connectivity index is 2.15. The maximum atomic E-state index is 12.0. The average Bonchev–Trinajstić information content (AvgIpc) is 2.45. The van der Waals surface area contributed by atoms with Gasteiger partial charge in [0, 0.05) is 42.2 Å². The second-order valence-electron chi connectivity index (χ2n) is 5.00. The highest BCUT2D eigenvalue weighted by molar-refractivity contribution is 5.33. The van der Waals surface area contributed by atoms with Gasteiger partial charge in [-0.15, -0.1) is 0 Å². The van der Waals surface area contributed by atoms with Gasteiger partial charge in [0.2, 0.25) is 0 Å². The molecule has 0 saturated carbocycles. The smallest absolute Gasteiger partial charge is 0.268 e. The molecule has 0 radical (unpaired) electrons. The first-order valence-corrected chi connectivity index (χ1v) is 6.66. The Bertz CT molecular complexity index is 829. The van der Waals surface area contributed by atoms with Crippen LogP contribution in [0, 0.1) is 13.8 Å². The number of anilines is 1. The molecule has 7 nitrogen and oxygen atoms in total. The molecule has 0 unspecified atom stereocenters. The van der Waals surface area contributed by atoms with Gasteiger partial charge in [-0.05, 0) is 26.3 Å². The summed E-state index contributed by atoms with van der Waals surface area (Å²) in [7, 11) is 0. The molecule has 2 aromatic heterocycles. The Morgan fingerprint density at radius 3 is 2.52 bits per heavy atom. The molecule has 0 saturated heterocycles. The summed E-state index contributed by atoms with van der Waals surface area (Å²) in [6, 6.07) is 2.95. The zero-order valence-electron chi connectivity index (χ0n) is 12.0. The summed E-state index contributed by atoms with van der Waals surface area (Å²) < 4.78 is 2.77. The first-order valence-electron chi connectivity index (χ1n) is 6.66. The highest BCUT2D eigenvalue weighted by Gasteiger charge is 2.07. The van der Waals surface area contributed by atoms with Crippen molar-refractivity contribution in [3.05, 3.63) is 60.5 Å². The number of aryl methyl sites for hydroxylation is 2. The number of hydrogen-bond donors (Lipinski definition) is 2. The van der Waals surface area contributed by atoms with E-state index in [1.165, 1.54) is 15.3 Å². The molecule has 0 aliphatic carbocycles. The maximum Gasteiger partial charge on any atom is 0.268 e. The number of rotatable bonds is 4. The Morgan fingerprint density at radius 1 is 1.10 bits per heavy atom. The molecule has 2 heterocycles. The topological polar surface area (TPSA) is 103 Å². The average molecular weight is 290 g/mol. The van der Waals surface area contributed by atoms with E-state index in [4.69, 9.17) is 5.73 Å². The molecule has 0 fully saturated rings. The molecule has 0 amide bonds. The summed E-state index contributed by atoms with van der Waals surface area (Å²) in [5.41, 5.74) is 6.38. The molecular weight excluding hydrogens is 272 g/mol. The Morgan fingerprint density at radius 2 is 1.81 bits per heavy atom. The van der Waals surface area contributed by atoms with Crippen molar-refractivity contribution in [1.82, 2.24) is 14.3 Å². The van der Waals surface area contributed by atoms with Crippen LogP contribution in [-0.4, -0.2) is 14.3 Å². The quantitative estimate of drug-likeness (QED) is 0.826. The number of nitrogens with two attached hydrogens (primary N) is 1. The van der Waals surface area contributed by atoms with E-state index < -0.39 is 0 Å². The van der Waals surface area contributed by atoms with Crippen LogP contribution >= 0.6 is 0 Å². The Hall–Kier alpha value is -2.57. The largest absolute Gasteiger partial charge is 0.398 e. The fraction of sp³-hybridized carbons (Fsp3) is 0.357. The molecule has 21 heavy (non-hydrogen) atoms. The highest BCUT2D eigenvalue weighted by atomic mass is 16.2. The van der Waals surface area contributed by atoms with Gasteiger partial charge in [0.1, 0.15) is 0 Å². The summed E-state index contributed by atoms with van der Waals surface area (Å²) in [6.07, 6.45) is 2.09. The van der Waals surface area contributed by atoms with Crippen molar-refractivity contribution in [2.45, 2.75) is 33.4 Å². The van der Waals surface area contributed by atoms with E-state index in [1.54, 1.807) is 26.1 Å². The van der Waals surface area contributed by atoms with Crippen LogP contribution in [0.4, 0.5) is 5.69 Å². The number of hydrogen-bond acceptors (Lipinski definition) is 4. The lowest BCUT2D eigenvalue weighted by Gasteiger charge is -2.09. The van der Waals surface area contributed by atoms with Gasteiger partial charge < -0.3 is 10.3 Å². The zero-order valence-corrected chi connectivity index (χ0v) is 12.0. The molecule has 112 valence electrons. The number of nitrogen functional groups attached to an aromatic ring is 1. The lowest BCUT2D eigenvalue weighted by atomic mass is 10.2. The van der Waals surface area contributed by atoms with E-state index in [2.05, 4.69) is 5.10 Å². The number of aromatic amines is 1. The van der Waals surface area contributed by atoms with Crippen molar-refractivity contribution in [3.8, 4) is 0 Å². The van der Waals surface area contributed by atoms with E-state index in [0.717, 1.165) is 0 Å². The molecule has 2 rings (SSSR count). The summed E-state index contributed by atoms with van der Waals surface area (Å²) in [4.78, 5) is 35.3. The SMILES string of the molecule is Cc1c(C)c(=O)n(CCCn2cc(N)ccc2=O)[nH]c1=O. The molecule has 0 bridgehead atoms. The fourth-order valence-electron chi connectivity index (χ4n) is 2.07. The van der Waals surface area contributed by atoms with Crippen molar-refractivity contribution in [3.63, 3.8) is 0 Å². The standard InChI is InChI=1S/C14H18N4O3/c1-9-10(2)14(21)18(16-13(9)20)7-3-6-17-8-11(15)4-5-12(17)19/h4-5,8H,3,6-7,15H2,1-2H3,(H,16,20). The van der Waals surface area contributed by atoms with Crippen LogP contribution in [0.25, 0.3) is 0 Å². The fourth-order valence-corrected chi connectivity index (χ4v) is 2.07. The lowest BCUT2D eigenvalue weighted by molar-refractivity contribution is 0.494. The van der Waals surface area contributed by atoms with Crippen LogP contribution in [0.2, 0.25) is 0 Å². The predicted molar refractivity (Wildman–Crippen MR) is 80.5 cm³/mol. The second kappa shape index (κ2) is 5.82. The highest BCUT2D eigenvalue weighted by Crippen LogP contribution is 1.98. The van der Waals surface area contributed by atoms with E-state index in [1.807, 2.05) is 0 Å². The van der Waals surface area contributed by atoms with E-state index in [0.29, 0.717) is 36.3 Å². The van der Waals surface area contributed by atoms with Gasteiger partial charge in [0.25, 0.3) is 16.7 Å². The predicted octanol–water partition coefficient (Wildman–Crippen LogP) is -0.0124. The normalized spacial score (nSPS) is 10.8. The van der Waals surface area contributed by atoms with Crippen molar-refractivity contribution in [1.29, 1.82) is 0 Å². The number of H-pyrrole nitrogens is 1. The van der Waals surface area contributed by atoms with Crippen LogP contribution in [-0.2, 0) is 13.1 Å². The van der Waals surface area contributed by atoms with Gasteiger partial charge in [0.05, 0.1) is 0 Å². The van der Waals surface area contributed by atoms with Gasteiger partial charge in [-0.3, -0.25) is 19.5 Å². The summed E-state index contributed by atoms with van der Waals surface area (Å²) >= 11 is 0. The van der Waals surface area contributed by atoms with Gasteiger partial charge in [-0.2, -0.15) is 0 Å². The van der Waals surface area contributed by atoms with Crippen molar-refractivity contribution in [2.24, 2.45) is 0 Å². The molecule has 0 atom stereocenters. The lowest BCUT2D eigenvalue weighted by Crippen LogP contribution is -2.33. The van der Waals surface area contributed by atoms with Crippen LogP contribution in [0.15, 0.2) is 32.7 Å². The van der Waals surface area contributed by atoms with E-state index >= 15 is 0 Å². The molecule has 3 N–H and O–H groups in total. The number of nitrogens with one attached hydrogen (secondary N) is 1. The van der Waals surface area contributed by atoms with Gasteiger partial charge in [-0.25, -0.2) is 4.68 Å². The third kappa shape index (κ3) is 3.13. The van der Waals surface area contributed by atoms with Crippen molar-refractivity contribution < 1.29 is 0 Å². The van der Waals surface area contributed by atoms with Gasteiger partial charge in [-0.1, -0.05) is 0 Å². The number of aromatic nitrogens is 3. The molecule has 0 spiro atoms. The minimum absolute atomic E-state index is 0.148. The molecule has 0 aliphatic rings. The van der Waals surface area contributed by atoms with E-state index in [-0.39, 0.29) is 16.7 Å². The molecule has 2 aromatic rings. The number of pyridine rings is 1. The van der Waals surface area contributed by atoms with Gasteiger partial charge >= 0.3 is 0 Å². The van der Waals surface area contributed by atoms with Crippen LogP contribution < -0.4 is 22.4 Å². The molecule has 7 heteroatoms. The minimum Gasteiger partial charge on any atom is -0.398 e. The van der Waals surface area contributed by atoms with Crippen LogP contribution in [0.5, 0.6) is 0 Å². The zero-order chi connectivity index (χ0) is 15.6. The number of nitrogens with zero attached hydrogens (tertiary/aromatic N) is 2. The van der Waals surface area contributed by atoms with E-state index in [9.17, 15) is 14.4 Å². The first-order chi connectivity index (χ1) is 9.90. The van der Waals surface area contributed by atoms with Crippen LogP contribution in [0.1, 0.15) is 17.5 Å². The monoisotopic (exact) mass is 290 g/mol. The summed E-state index contributed by atoms with van der Waals surface area (Å²) in [5.74, 6) is 0. The van der Waals surface area contributed by atoms with Crippen molar-refractivity contribution in [2.75, 3.05) is 5.73 Å². The molecule has 0 aromatic carbocycles. The molecular formula is C14H18N4O3. The van der Waals surface area contributed by atoms with Gasteiger partial charge in [0.15, 0.2) is 0 Å². The summed E-state index contributed by atoms with van der Waals surface area (Å²) in [6.45, 7) is 4.00. The summed E-state index contributed by atoms with van der Waals surface area (Å²) in [5, 5.41) is 2.53. The van der Waals surface area contributed by atoms with Crippen molar-refractivity contribution >= 4 is 5.69 Å². The second-order valence-corrected chi connectivity index (χ2v) is 5.00. The van der Waals surface area contributed by atoms with Crippen LogP contribution in [0.3, 0.4) is 0 Å². The minimum atomic E-state index is -0.270. The third-order valence-corrected chi connectivity index (χ3v) is 3.49. The Labute approximate surface area is 120 Å². The Kier molecular flexibility index (Phi) is 4.11. The third-order valence-electron chi connectivity index (χ3n) is 3.49. The maximum absolute atomic E-state index is 12.0. The molecule has 0 aliphatic heterocycles. The first kappa shape index (κ1) is 14.8.